The van der Waals surface area contributed by atoms with Gasteiger partial charge in [-0.15, -0.1) is 0 Å². The summed E-state index contributed by atoms with van der Waals surface area (Å²) >= 11 is 0. The summed E-state index contributed by atoms with van der Waals surface area (Å²) in [6.45, 7) is 0. The van der Waals surface area contributed by atoms with Crippen LogP contribution in [0, 0.1) is 0 Å². The van der Waals surface area contributed by atoms with Crippen LogP contribution in [0.3, 0.4) is 0 Å². The van der Waals surface area contributed by atoms with Crippen LogP contribution >= 0.6 is 0 Å². The number of hydrogen-bond donors (Lipinski definition) is 1. The zero-order valence-corrected chi connectivity index (χ0v) is 15.5. The van der Waals surface area contributed by atoms with Crippen molar-refractivity contribution in [2.24, 2.45) is 10.7 Å². The van der Waals surface area contributed by atoms with Gasteiger partial charge in [0.05, 0.1) is 5.69 Å². The fourth-order valence-electron chi connectivity index (χ4n) is 3.41. The van der Waals surface area contributed by atoms with Crippen molar-refractivity contribution >= 4 is 11.9 Å². The Balaban J connectivity index is 1.95. The number of alkyl halides is 2. The smallest absolute Gasteiger partial charge is 0.280 e. The van der Waals surface area contributed by atoms with Gasteiger partial charge in [-0.2, -0.15) is 0 Å². The number of nitrogens with two attached hydrogens (primary N) is 1. The van der Waals surface area contributed by atoms with Gasteiger partial charge in [0.1, 0.15) is 5.69 Å². The lowest BCUT2D eigenvalue weighted by Crippen LogP contribution is -2.41. The number of amides is 1. The lowest BCUT2D eigenvalue weighted by molar-refractivity contribution is -0.129. The maximum absolute atomic E-state index is 13.3. The molecule has 0 fully saturated rings. The topological polar surface area (TPSA) is 84.5 Å². The van der Waals surface area contributed by atoms with Gasteiger partial charge < -0.3 is 5.73 Å². The Hall–Kier alpha value is -3.68. The second-order valence-corrected chi connectivity index (χ2v) is 6.61. The molecule has 8 heteroatoms. The molecule has 1 aromatic carbocycles. The third kappa shape index (κ3) is 3.02. The molecule has 0 saturated heterocycles. The Kier molecular flexibility index (Phi) is 4.54. The standard InChI is InChI=1S/C21H17F2N5O/c1-28-19(29)21(27-20(28)24,15-8-10-26-17(12-15)18(22)23)14-6-4-5-13(11-14)16-7-2-3-9-25-16/h2-12,18H,1H3,(H2,24,27). The van der Waals surface area contributed by atoms with E-state index in [2.05, 4.69) is 15.0 Å². The van der Waals surface area contributed by atoms with Crippen LogP contribution in [0.4, 0.5) is 8.78 Å². The summed E-state index contributed by atoms with van der Waals surface area (Å²) in [5.74, 6) is -0.423. The van der Waals surface area contributed by atoms with E-state index >= 15 is 0 Å². The first-order valence-corrected chi connectivity index (χ1v) is 8.83. The predicted octanol–water partition coefficient (Wildman–Crippen LogP) is 3.11. The highest BCUT2D eigenvalue weighted by molar-refractivity contribution is 6.09. The lowest BCUT2D eigenvalue weighted by Gasteiger charge is -2.26. The van der Waals surface area contributed by atoms with Crippen LogP contribution in [0.25, 0.3) is 11.3 Å². The van der Waals surface area contributed by atoms with Crippen LogP contribution in [0.1, 0.15) is 23.2 Å². The van der Waals surface area contributed by atoms with Gasteiger partial charge in [-0.05, 0) is 41.5 Å². The fraction of sp³-hybridized carbons (Fsp3) is 0.143. The molecule has 0 bridgehead atoms. The molecular formula is C21H17F2N5O. The molecule has 1 aliphatic rings. The van der Waals surface area contributed by atoms with Crippen molar-refractivity contribution in [2.45, 2.75) is 12.0 Å². The van der Waals surface area contributed by atoms with Gasteiger partial charge in [0, 0.05) is 25.0 Å². The van der Waals surface area contributed by atoms with Crippen molar-refractivity contribution in [2.75, 3.05) is 7.05 Å². The number of rotatable bonds is 4. The molecule has 6 nitrogen and oxygen atoms in total. The van der Waals surface area contributed by atoms with Crippen molar-refractivity contribution < 1.29 is 13.6 Å². The number of aromatic nitrogens is 2. The number of nitrogens with zero attached hydrogens (tertiary/aromatic N) is 4. The SMILES string of the molecule is CN1C(=O)C(c2cccc(-c3ccccn3)c2)(c2ccnc(C(F)F)c2)N=C1N. The summed E-state index contributed by atoms with van der Waals surface area (Å²) in [6.07, 6.45) is 0.140. The highest BCUT2D eigenvalue weighted by Gasteiger charge is 2.49. The average Bonchev–Trinajstić information content (AvgIpc) is 2.99. The Morgan fingerprint density at radius 2 is 1.79 bits per heavy atom. The van der Waals surface area contributed by atoms with Gasteiger partial charge in [-0.1, -0.05) is 24.3 Å². The zero-order chi connectivity index (χ0) is 20.6. The number of carbonyl (C=O) groups excluding carboxylic acids is 1. The summed E-state index contributed by atoms with van der Waals surface area (Å²) in [7, 11) is 1.50. The van der Waals surface area contributed by atoms with Crippen LogP contribution in [0.15, 0.2) is 72.0 Å². The highest BCUT2D eigenvalue weighted by Crippen LogP contribution is 2.41. The molecule has 1 amide bonds. The van der Waals surface area contributed by atoms with Gasteiger partial charge >= 0.3 is 0 Å². The molecule has 0 radical (unpaired) electrons. The number of pyridine rings is 2. The quantitative estimate of drug-likeness (QED) is 0.738. The maximum atomic E-state index is 13.3. The monoisotopic (exact) mass is 393 g/mol. The summed E-state index contributed by atoms with van der Waals surface area (Å²) in [6, 6.07) is 15.3. The molecule has 29 heavy (non-hydrogen) atoms. The number of guanidine groups is 1. The largest absolute Gasteiger partial charge is 0.369 e. The number of hydrogen-bond acceptors (Lipinski definition) is 5. The summed E-state index contributed by atoms with van der Waals surface area (Å²) < 4.78 is 26.5. The first kappa shape index (κ1) is 18.7. The minimum absolute atomic E-state index is 0.00801. The number of benzene rings is 1. The molecule has 3 heterocycles. The van der Waals surface area contributed by atoms with Gasteiger partial charge in [-0.3, -0.25) is 19.7 Å². The van der Waals surface area contributed by atoms with E-state index in [1.165, 1.54) is 30.3 Å². The van der Waals surface area contributed by atoms with Crippen molar-refractivity contribution in [3.63, 3.8) is 0 Å². The third-order valence-electron chi connectivity index (χ3n) is 4.90. The van der Waals surface area contributed by atoms with Crippen molar-refractivity contribution in [3.8, 4) is 11.3 Å². The Morgan fingerprint density at radius 1 is 1.00 bits per heavy atom. The number of carbonyl (C=O) groups is 1. The average molecular weight is 393 g/mol. The normalized spacial score (nSPS) is 19.0. The fourth-order valence-corrected chi connectivity index (χ4v) is 3.41. The molecule has 2 N–H and O–H groups in total. The molecule has 0 spiro atoms. The second kappa shape index (κ2) is 7.05. The molecule has 1 aliphatic heterocycles. The second-order valence-electron chi connectivity index (χ2n) is 6.61. The lowest BCUT2D eigenvalue weighted by atomic mass is 9.82. The van der Waals surface area contributed by atoms with Crippen LogP contribution < -0.4 is 5.73 Å². The Labute approximate surface area is 165 Å². The van der Waals surface area contributed by atoms with E-state index in [9.17, 15) is 13.6 Å². The molecule has 3 aromatic rings. The van der Waals surface area contributed by atoms with Gasteiger partial charge in [0.25, 0.3) is 12.3 Å². The zero-order valence-electron chi connectivity index (χ0n) is 15.5. The highest BCUT2D eigenvalue weighted by atomic mass is 19.3. The van der Waals surface area contributed by atoms with Gasteiger partial charge in [-0.25, -0.2) is 13.8 Å². The Morgan fingerprint density at radius 3 is 2.45 bits per heavy atom. The number of aliphatic imine (C=N–C) groups is 1. The van der Waals surface area contributed by atoms with E-state index < -0.39 is 23.6 Å². The third-order valence-corrected chi connectivity index (χ3v) is 4.90. The first-order valence-electron chi connectivity index (χ1n) is 8.83. The minimum Gasteiger partial charge on any atom is -0.369 e. The van der Waals surface area contributed by atoms with E-state index in [1.54, 1.807) is 30.5 Å². The van der Waals surface area contributed by atoms with Crippen LogP contribution in [-0.2, 0) is 10.3 Å². The molecule has 0 saturated carbocycles. The van der Waals surface area contributed by atoms with E-state index in [4.69, 9.17) is 5.73 Å². The van der Waals surface area contributed by atoms with E-state index in [-0.39, 0.29) is 11.5 Å². The van der Waals surface area contributed by atoms with E-state index in [1.807, 2.05) is 18.2 Å². The number of likely N-dealkylation sites (N-methyl/N-ethyl adjacent to an activating group) is 1. The summed E-state index contributed by atoms with van der Waals surface area (Å²) in [5.41, 5.74) is 6.20. The summed E-state index contributed by atoms with van der Waals surface area (Å²) in [5, 5.41) is 0. The van der Waals surface area contributed by atoms with Crippen LogP contribution in [0.5, 0.6) is 0 Å². The minimum atomic E-state index is -2.78. The Bertz CT molecular complexity index is 1100. The van der Waals surface area contributed by atoms with Crippen molar-refractivity contribution in [1.29, 1.82) is 0 Å². The molecule has 146 valence electrons. The molecule has 1 atom stereocenters. The first-order chi connectivity index (χ1) is 13.9. The molecule has 4 rings (SSSR count). The van der Waals surface area contributed by atoms with Crippen molar-refractivity contribution in [1.82, 2.24) is 14.9 Å². The summed E-state index contributed by atoms with van der Waals surface area (Å²) in [4.78, 5) is 27.0. The van der Waals surface area contributed by atoms with Crippen LogP contribution in [-0.4, -0.2) is 33.8 Å². The molecular weight excluding hydrogens is 376 g/mol. The van der Waals surface area contributed by atoms with Crippen LogP contribution in [0.2, 0.25) is 0 Å². The maximum Gasteiger partial charge on any atom is 0.280 e. The predicted molar refractivity (Wildman–Crippen MR) is 104 cm³/mol. The van der Waals surface area contributed by atoms with E-state index in [0.29, 0.717) is 11.3 Å². The van der Waals surface area contributed by atoms with Crippen molar-refractivity contribution in [3.05, 3.63) is 83.8 Å². The van der Waals surface area contributed by atoms with E-state index in [0.717, 1.165) is 5.56 Å². The number of halogens is 2. The molecule has 2 aromatic heterocycles. The van der Waals surface area contributed by atoms with Gasteiger partial charge in [0.2, 0.25) is 0 Å². The molecule has 1 unspecified atom stereocenters. The molecule has 0 aliphatic carbocycles. The van der Waals surface area contributed by atoms with Gasteiger partial charge in [0.15, 0.2) is 11.5 Å².